The normalized spacial score (nSPS) is 12.6. The molecule has 0 bridgehead atoms. The number of carbonyl (C=O) groups is 1. The Morgan fingerprint density at radius 3 is 2.30 bits per heavy atom. The van der Waals surface area contributed by atoms with Crippen molar-refractivity contribution in [2.45, 2.75) is 25.4 Å². The monoisotopic (exact) mass is 636 g/mol. The highest BCUT2D eigenvalue weighted by molar-refractivity contribution is 7.92. The van der Waals surface area contributed by atoms with Gasteiger partial charge in [0.15, 0.2) is 5.82 Å². The quantitative estimate of drug-likeness (QED) is 0.175. The molecule has 224 valence electrons. The Bertz CT molecular complexity index is 1970. The smallest absolute Gasteiger partial charge is 0.405 e. The summed E-state index contributed by atoms with van der Waals surface area (Å²) in [5, 5.41) is 16.0. The predicted octanol–water partition coefficient (Wildman–Crippen LogP) is 5.77. The number of amides is 1. The molecule has 2 aromatic heterocycles. The maximum absolute atomic E-state index is 14.0. The SMILES string of the molecule is CS(=O)(=O)Nc1nn(CC(F)F)c2c(-c3nc4ccccc4nc3[C@H](Cc3cc(F)cc(F)c3)NC(=O)O)ccc(Cl)c12. The van der Waals surface area contributed by atoms with E-state index in [1.807, 2.05) is 0 Å². The molecule has 0 saturated heterocycles. The number of hydrogen-bond acceptors (Lipinski definition) is 6. The van der Waals surface area contributed by atoms with E-state index >= 15 is 0 Å². The molecule has 5 aromatic rings. The van der Waals surface area contributed by atoms with Gasteiger partial charge in [-0.3, -0.25) is 9.40 Å². The number of nitrogens with one attached hydrogen (secondary N) is 2. The maximum Gasteiger partial charge on any atom is 0.405 e. The van der Waals surface area contributed by atoms with E-state index in [2.05, 4.69) is 25.1 Å². The van der Waals surface area contributed by atoms with Crippen molar-refractivity contribution < 1.29 is 35.9 Å². The van der Waals surface area contributed by atoms with E-state index in [0.29, 0.717) is 17.1 Å². The van der Waals surface area contributed by atoms with E-state index < -0.39 is 46.8 Å². The third-order valence-corrected chi connectivity index (χ3v) is 7.16. The van der Waals surface area contributed by atoms with Crippen LogP contribution in [0.5, 0.6) is 0 Å². The maximum atomic E-state index is 14.0. The number of nitrogens with zero attached hydrogens (tertiary/aromatic N) is 4. The summed E-state index contributed by atoms with van der Waals surface area (Å²) >= 11 is 6.43. The van der Waals surface area contributed by atoms with Crippen LogP contribution in [0.4, 0.5) is 28.2 Å². The van der Waals surface area contributed by atoms with Crippen molar-refractivity contribution >= 4 is 55.5 Å². The van der Waals surface area contributed by atoms with Crippen LogP contribution in [0.2, 0.25) is 5.02 Å². The molecule has 0 spiro atoms. The predicted molar refractivity (Wildman–Crippen MR) is 152 cm³/mol. The number of halogens is 5. The Balaban J connectivity index is 1.82. The molecule has 43 heavy (non-hydrogen) atoms. The number of para-hydroxylation sites is 2. The molecule has 10 nitrogen and oxygen atoms in total. The van der Waals surface area contributed by atoms with Gasteiger partial charge < -0.3 is 10.4 Å². The fraction of sp³-hybridized carbons (Fsp3) is 0.185. The van der Waals surface area contributed by atoms with Gasteiger partial charge in [0, 0.05) is 11.6 Å². The van der Waals surface area contributed by atoms with Gasteiger partial charge in [-0.25, -0.2) is 40.7 Å². The Kier molecular flexibility index (Phi) is 8.12. The van der Waals surface area contributed by atoms with Gasteiger partial charge in [-0.1, -0.05) is 23.7 Å². The molecule has 1 amide bonds. The summed E-state index contributed by atoms with van der Waals surface area (Å²) in [5.41, 5.74) is 0.884. The minimum absolute atomic E-state index is 0.00295. The van der Waals surface area contributed by atoms with E-state index in [1.54, 1.807) is 24.3 Å². The zero-order chi connectivity index (χ0) is 31.1. The van der Waals surface area contributed by atoms with Crippen LogP contribution in [0.3, 0.4) is 0 Å². The third-order valence-electron chi connectivity index (χ3n) is 6.28. The molecule has 0 aliphatic rings. The number of alkyl halides is 2. The molecule has 0 saturated carbocycles. The molecular formula is C27H21ClF4N6O4S. The summed E-state index contributed by atoms with van der Waals surface area (Å²) < 4.78 is 82.7. The van der Waals surface area contributed by atoms with Gasteiger partial charge in [-0.05, 0) is 48.4 Å². The van der Waals surface area contributed by atoms with E-state index in [9.17, 15) is 35.9 Å². The highest BCUT2D eigenvalue weighted by atomic mass is 35.5. The second-order valence-corrected chi connectivity index (χ2v) is 11.7. The van der Waals surface area contributed by atoms with Crippen molar-refractivity contribution in [3.8, 4) is 11.3 Å². The number of rotatable bonds is 9. The average Bonchev–Trinajstić information content (AvgIpc) is 3.23. The highest BCUT2D eigenvalue weighted by Gasteiger charge is 2.28. The minimum Gasteiger partial charge on any atom is -0.465 e. The topological polar surface area (TPSA) is 139 Å². The largest absolute Gasteiger partial charge is 0.465 e. The molecule has 0 radical (unpaired) electrons. The molecule has 5 rings (SSSR count). The van der Waals surface area contributed by atoms with E-state index in [4.69, 9.17) is 11.6 Å². The molecule has 3 aromatic carbocycles. The van der Waals surface area contributed by atoms with Crippen LogP contribution in [0, 0.1) is 11.6 Å². The Hall–Kier alpha value is -4.50. The van der Waals surface area contributed by atoms with Crippen LogP contribution < -0.4 is 10.0 Å². The van der Waals surface area contributed by atoms with Crippen LogP contribution in [-0.4, -0.2) is 52.0 Å². The summed E-state index contributed by atoms with van der Waals surface area (Å²) in [6.45, 7) is -0.953. The van der Waals surface area contributed by atoms with Crippen molar-refractivity contribution in [1.82, 2.24) is 25.1 Å². The first-order valence-electron chi connectivity index (χ1n) is 12.5. The average molecular weight is 637 g/mol. The van der Waals surface area contributed by atoms with Crippen LogP contribution in [0.1, 0.15) is 17.3 Å². The zero-order valence-corrected chi connectivity index (χ0v) is 23.6. The van der Waals surface area contributed by atoms with Crippen LogP contribution in [0.25, 0.3) is 33.2 Å². The highest BCUT2D eigenvalue weighted by Crippen LogP contribution is 2.40. The van der Waals surface area contributed by atoms with Crippen molar-refractivity contribution in [2.24, 2.45) is 0 Å². The fourth-order valence-electron chi connectivity index (χ4n) is 4.77. The standard InChI is InChI=1S/C27H21ClF4N6O4S/c1-43(41,42)37-26-22-17(28)7-6-16(25(22)38(36-26)12-21(31)32)23-24(34-19-5-3-2-4-18(19)33-23)20(35-27(39)40)10-13-8-14(29)11-15(30)9-13/h2-9,11,20-21,35H,10,12H2,1H3,(H,36,37)(H,39,40)/t20-/m0/s1. The van der Waals surface area contributed by atoms with Gasteiger partial charge in [-0.15, -0.1) is 0 Å². The van der Waals surface area contributed by atoms with Crippen LogP contribution >= 0.6 is 11.6 Å². The van der Waals surface area contributed by atoms with Crippen molar-refractivity contribution in [1.29, 1.82) is 0 Å². The van der Waals surface area contributed by atoms with Gasteiger partial charge in [0.2, 0.25) is 10.0 Å². The first-order chi connectivity index (χ1) is 20.3. The molecule has 2 heterocycles. The number of carboxylic acid groups (broad SMARTS) is 1. The summed E-state index contributed by atoms with van der Waals surface area (Å²) in [6.07, 6.45) is -3.80. The first kappa shape index (κ1) is 30.0. The molecule has 0 unspecified atom stereocenters. The lowest BCUT2D eigenvalue weighted by Crippen LogP contribution is -2.30. The van der Waals surface area contributed by atoms with Crippen LogP contribution in [0.15, 0.2) is 54.6 Å². The van der Waals surface area contributed by atoms with Crippen molar-refractivity contribution in [3.63, 3.8) is 0 Å². The van der Waals surface area contributed by atoms with Gasteiger partial charge >= 0.3 is 6.09 Å². The van der Waals surface area contributed by atoms with Crippen molar-refractivity contribution in [2.75, 3.05) is 11.0 Å². The Morgan fingerprint density at radius 1 is 1.05 bits per heavy atom. The molecule has 3 N–H and O–H groups in total. The van der Waals surface area contributed by atoms with Gasteiger partial charge in [0.05, 0.1) is 50.6 Å². The number of aromatic nitrogens is 4. The second-order valence-electron chi connectivity index (χ2n) is 9.54. The number of anilines is 1. The van der Waals surface area contributed by atoms with Gasteiger partial charge in [-0.2, -0.15) is 5.10 Å². The first-order valence-corrected chi connectivity index (χ1v) is 14.7. The lowest BCUT2D eigenvalue weighted by atomic mass is 9.97. The summed E-state index contributed by atoms with van der Waals surface area (Å²) in [4.78, 5) is 21.2. The van der Waals surface area contributed by atoms with Crippen LogP contribution in [-0.2, 0) is 23.0 Å². The molecule has 16 heteroatoms. The third kappa shape index (κ3) is 6.62. The summed E-state index contributed by atoms with van der Waals surface area (Å²) in [7, 11) is -3.92. The van der Waals surface area contributed by atoms with Crippen molar-refractivity contribution in [3.05, 3.63) is 82.5 Å². The van der Waals surface area contributed by atoms with E-state index in [0.717, 1.165) is 23.1 Å². The Labute approximate surface area is 246 Å². The molecule has 0 aliphatic heterocycles. The van der Waals surface area contributed by atoms with E-state index in [1.165, 1.54) is 12.1 Å². The lowest BCUT2D eigenvalue weighted by Gasteiger charge is -2.21. The summed E-state index contributed by atoms with van der Waals surface area (Å²) in [5.74, 6) is -2.07. The van der Waals surface area contributed by atoms with E-state index in [-0.39, 0.29) is 50.7 Å². The molecule has 0 fully saturated rings. The number of sulfonamides is 1. The van der Waals surface area contributed by atoms with Gasteiger partial charge in [0.1, 0.15) is 18.2 Å². The molecular weight excluding hydrogens is 616 g/mol. The Morgan fingerprint density at radius 2 is 1.70 bits per heavy atom. The fourth-order valence-corrected chi connectivity index (χ4v) is 5.50. The number of hydrogen-bond donors (Lipinski definition) is 3. The molecule has 0 aliphatic carbocycles. The molecule has 1 atom stereocenters. The zero-order valence-electron chi connectivity index (χ0n) is 22.0. The lowest BCUT2D eigenvalue weighted by molar-refractivity contribution is 0.123. The second kappa shape index (κ2) is 11.6. The number of fused-ring (bicyclic) bond motifs is 2. The number of benzene rings is 3. The summed E-state index contributed by atoms with van der Waals surface area (Å²) in [6, 6.07) is 10.9. The van der Waals surface area contributed by atoms with Gasteiger partial charge in [0.25, 0.3) is 6.43 Å². The minimum atomic E-state index is -3.92.